The predicted molar refractivity (Wildman–Crippen MR) is 51.3 cm³/mol. The van der Waals surface area contributed by atoms with Crippen molar-refractivity contribution >= 4 is 16.6 Å². The van der Waals surface area contributed by atoms with Crippen molar-refractivity contribution < 1.29 is 0 Å². The molecule has 0 aliphatic rings. The van der Waals surface area contributed by atoms with Crippen LogP contribution >= 0.6 is 0 Å². The normalized spacial score (nSPS) is 10.7. The van der Waals surface area contributed by atoms with Crippen molar-refractivity contribution in [2.45, 2.75) is 38.9 Å². The fourth-order valence-electron chi connectivity index (χ4n) is 0.750. The highest BCUT2D eigenvalue weighted by atomic mass is 28.3. The van der Waals surface area contributed by atoms with Gasteiger partial charge in [-0.1, -0.05) is 20.8 Å². The predicted octanol–water partition coefficient (Wildman–Crippen LogP) is 0.766. The molecule has 0 rings (SSSR count). The zero-order valence-corrected chi connectivity index (χ0v) is 7.20. The number of hydrogen-bond acceptors (Lipinski definition) is 1. The Kier molecular flexibility index (Phi) is 6.73. The van der Waals surface area contributed by atoms with Crippen LogP contribution in [0.3, 0.4) is 0 Å². The van der Waals surface area contributed by atoms with E-state index in [9.17, 15) is 0 Å². The van der Waals surface area contributed by atoms with Crippen molar-refractivity contribution in [2.24, 2.45) is 5.40 Å². The van der Waals surface area contributed by atoms with Gasteiger partial charge in [0.15, 0.2) is 0 Å². The number of nitrogens with two attached hydrogens (primary N) is 1. The van der Waals surface area contributed by atoms with E-state index in [1.165, 1.54) is 18.1 Å². The van der Waals surface area contributed by atoms with Gasteiger partial charge in [-0.25, -0.2) is 0 Å². The van der Waals surface area contributed by atoms with Crippen LogP contribution in [0.25, 0.3) is 0 Å². The third kappa shape index (κ3) is 3.76. The first-order valence-electron chi connectivity index (χ1n) is 3.47. The highest BCUT2D eigenvalue weighted by Crippen LogP contribution is 2.11. The highest BCUT2D eigenvalue weighted by molar-refractivity contribution is 6.76. The van der Waals surface area contributed by atoms with Gasteiger partial charge in [0.05, 0.1) is 8.41 Å². The maximum Gasteiger partial charge on any atom is 0.122 e. The molecule has 2 N–H and O–H groups in total. The Balaban J connectivity index is 0. The average Bonchev–Trinajstić information content (AvgIpc) is 1.87. The Bertz CT molecular complexity index is 55.8. The van der Waals surface area contributed by atoms with Gasteiger partial charge in [0.25, 0.3) is 0 Å². The molecule has 0 bridgehead atoms. The second-order valence-electron chi connectivity index (χ2n) is 2.42. The molecule has 0 amide bonds. The lowest BCUT2D eigenvalue weighted by molar-refractivity contribution is 1.15. The van der Waals surface area contributed by atoms with Crippen LogP contribution in [0.4, 0.5) is 0 Å². The zero-order chi connectivity index (χ0) is 6.62. The van der Waals surface area contributed by atoms with E-state index in [-0.39, 0.29) is 8.41 Å². The van der Waals surface area contributed by atoms with Crippen LogP contribution in [-0.4, -0.2) is 16.6 Å². The Morgan fingerprint density at radius 1 is 1.00 bits per heavy atom. The van der Waals surface area contributed by atoms with Gasteiger partial charge in [-0.2, -0.15) is 0 Å². The van der Waals surface area contributed by atoms with Crippen LogP contribution in [0.15, 0.2) is 0 Å². The molecule has 0 atom stereocenters. The third-order valence-corrected chi connectivity index (χ3v) is 6.34. The van der Waals surface area contributed by atoms with Crippen LogP contribution in [0.5, 0.6) is 0 Å². The highest BCUT2D eigenvalue weighted by Gasteiger charge is 2.19. The van der Waals surface area contributed by atoms with Crippen LogP contribution in [0.2, 0.25) is 18.1 Å². The zero-order valence-electron chi connectivity index (χ0n) is 6.20. The minimum Gasteiger partial charge on any atom is -0.351 e. The summed E-state index contributed by atoms with van der Waals surface area (Å²) in [6.07, 6.45) is 0. The molecule has 0 saturated carbocycles. The largest absolute Gasteiger partial charge is 0.351 e. The summed E-state index contributed by atoms with van der Waals surface area (Å²) in [7, 11) is -1.17. The van der Waals surface area contributed by atoms with Gasteiger partial charge in [-0.3, -0.25) is 0 Å². The quantitative estimate of drug-likeness (QED) is 0.583. The van der Waals surface area contributed by atoms with Crippen LogP contribution in [0.1, 0.15) is 20.8 Å². The van der Waals surface area contributed by atoms with Crippen molar-refractivity contribution in [3.05, 3.63) is 0 Å². The van der Waals surface area contributed by atoms with E-state index in [0.29, 0.717) is 0 Å². The van der Waals surface area contributed by atoms with E-state index in [1.807, 2.05) is 0 Å². The smallest absolute Gasteiger partial charge is 0.122 e. The third-order valence-electron chi connectivity index (χ3n) is 2.11. The summed E-state index contributed by atoms with van der Waals surface area (Å²) < 4.78 is 0. The van der Waals surface area contributed by atoms with E-state index >= 15 is 0 Å². The summed E-state index contributed by atoms with van der Waals surface area (Å²) >= 11 is 0. The van der Waals surface area contributed by atoms with E-state index in [4.69, 9.17) is 5.40 Å². The standard InChI is InChI=1S/C6H17NSi.BH3/c1-4-8(7,5-2)6-3;/h4-7H2,1-3H3;1H3. The van der Waals surface area contributed by atoms with E-state index in [0.717, 1.165) is 0 Å². The maximum atomic E-state index is 6.03. The summed E-state index contributed by atoms with van der Waals surface area (Å²) in [5, 5.41) is 6.03. The molecule has 0 spiro atoms. The Morgan fingerprint density at radius 2 is 1.22 bits per heavy atom. The van der Waals surface area contributed by atoms with Crippen molar-refractivity contribution in [1.82, 2.24) is 0 Å². The Hall–Kier alpha value is 0.242. The summed E-state index contributed by atoms with van der Waals surface area (Å²) in [5.41, 5.74) is 0. The number of hydrogen-bond donors (Lipinski definition) is 1. The lowest BCUT2D eigenvalue weighted by Gasteiger charge is -2.20. The average molecular weight is 145 g/mol. The van der Waals surface area contributed by atoms with Crippen molar-refractivity contribution in [3.63, 3.8) is 0 Å². The fourth-order valence-corrected chi connectivity index (χ4v) is 2.25. The minimum atomic E-state index is -1.17. The molecule has 0 radical (unpaired) electrons. The molecule has 0 aliphatic carbocycles. The van der Waals surface area contributed by atoms with Crippen molar-refractivity contribution in [3.8, 4) is 0 Å². The van der Waals surface area contributed by atoms with Crippen molar-refractivity contribution in [1.29, 1.82) is 0 Å². The molecular weight excluding hydrogens is 125 g/mol. The first-order chi connectivity index (χ1) is 3.68. The van der Waals surface area contributed by atoms with Gasteiger partial charge in [-0.15, -0.1) is 0 Å². The summed E-state index contributed by atoms with van der Waals surface area (Å²) in [5.74, 6) is 0. The van der Waals surface area contributed by atoms with Crippen LogP contribution in [0, 0.1) is 0 Å². The monoisotopic (exact) mass is 145 g/mol. The van der Waals surface area contributed by atoms with Gasteiger partial charge in [0.1, 0.15) is 8.24 Å². The van der Waals surface area contributed by atoms with Gasteiger partial charge in [-0.05, 0) is 18.1 Å². The molecule has 3 heteroatoms. The Morgan fingerprint density at radius 3 is 1.22 bits per heavy atom. The van der Waals surface area contributed by atoms with Crippen LogP contribution < -0.4 is 5.40 Å². The lowest BCUT2D eigenvalue weighted by Crippen LogP contribution is -2.42. The van der Waals surface area contributed by atoms with Crippen LogP contribution in [-0.2, 0) is 0 Å². The Labute approximate surface area is 61.7 Å². The molecule has 0 aromatic rings. The SMILES string of the molecule is B.CC[Si](N)(CC)CC. The molecule has 56 valence electrons. The van der Waals surface area contributed by atoms with E-state index in [1.54, 1.807) is 0 Å². The minimum absolute atomic E-state index is 0. The summed E-state index contributed by atoms with van der Waals surface area (Å²) in [6, 6.07) is 3.71. The molecule has 0 saturated heterocycles. The molecular formula is C6H20BNSi. The molecule has 0 aromatic heterocycles. The molecule has 9 heavy (non-hydrogen) atoms. The molecule has 0 unspecified atom stereocenters. The second-order valence-corrected chi connectivity index (χ2v) is 7.27. The summed E-state index contributed by atoms with van der Waals surface area (Å²) in [6.45, 7) is 6.62. The second kappa shape index (κ2) is 5.06. The molecule has 0 heterocycles. The van der Waals surface area contributed by atoms with Gasteiger partial charge >= 0.3 is 0 Å². The summed E-state index contributed by atoms with van der Waals surface area (Å²) in [4.78, 5) is 0. The maximum absolute atomic E-state index is 6.03. The van der Waals surface area contributed by atoms with Gasteiger partial charge in [0, 0.05) is 0 Å². The van der Waals surface area contributed by atoms with Crippen molar-refractivity contribution in [2.75, 3.05) is 0 Å². The lowest BCUT2D eigenvalue weighted by atomic mass is 10.8. The molecule has 0 fully saturated rings. The first-order valence-corrected chi connectivity index (χ1v) is 6.17. The first kappa shape index (κ1) is 12.0. The van der Waals surface area contributed by atoms with E-state index in [2.05, 4.69) is 20.8 Å². The fraction of sp³-hybridized carbons (Fsp3) is 1.00. The van der Waals surface area contributed by atoms with E-state index < -0.39 is 8.24 Å². The van der Waals surface area contributed by atoms with Gasteiger partial charge in [0.2, 0.25) is 0 Å². The molecule has 0 aliphatic heterocycles. The molecule has 0 aromatic carbocycles. The number of rotatable bonds is 3. The topological polar surface area (TPSA) is 26.0 Å². The van der Waals surface area contributed by atoms with Gasteiger partial charge < -0.3 is 5.40 Å². The molecule has 1 nitrogen and oxygen atoms in total.